The van der Waals surface area contributed by atoms with E-state index in [0.29, 0.717) is 11.8 Å². The van der Waals surface area contributed by atoms with E-state index in [1.807, 2.05) is 0 Å². The fraction of sp³-hybridized carbons (Fsp3) is 0.348. The topological polar surface area (TPSA) is 53.1 Å². The third-order valence-corrected chi connectivity index (χ3v) is 5.31. The molecule has 0 saturated heterocycles. The zero-order valence-electron chi connectivity index (χ0n) is 16.0. The van der Waals surface area contributed by atoms with Gasteiger partial charge in [-0.05, 0) is 52.6 Å². The lowest BCUT2D eigenvalue weighted by Gasteiger charge is -2.09. The first kappa shape index (κ1) is 18.2. The minimum Gasteiger partial charge on any atom is -0.481 e. The quantitative estimate of drug-likeness (QED) is 0.565. The lowest BCUT2D eigenvalue weighted by Crippen LogP contribution is -2.01. The molecule has 1 aromatic heterocycles. The monoisotopic (exact) mass is 349 g/mol. The molecule has 0 amide bonds. The van der Waals surface area contributed by atoms with Crippen LogP contribution in [0.1, 0.15) is 62.6 Å². The number of aliphatic carboxylic acids is 1. The Bertz CT molecular complexity index is 919. The molecule has 0 saturated carbocycles. The van der Waals surface area contributed by atoms with Gasteiger partial charge >= 0.3 is 5.97 Å². The van der Waals surface area contributed by atoms with Gasteiger partial charge in [-0.2, -0.15) is 0 Å². The summed E-state index contributed by atoms with van der Waals surface area (Å²) in [4.78, 5) is 15.0. The number of aromatic nitrogens is 1. The van der Waals surface area contributed by atoms with Gasteiger partial charge in [0.15, 0.2) is 0 Å². The molecule has 3 rings (SSSR count). The van der Waals surface area contributed by atoms with Crippen LogP contribution in [0.2, 0.25) is 0 Å². The van der Waals surface area contributed by atoms with Crippen LogP contribution >= 0.6 is 0 Å². The number of carbonyl (C=O) groups is 1. The third-order valence-electron chi connectivity index (χ3n) is 5.31. The predicted octanol–water partition coefficient (Wildman–Crippen LogP) is 6.10. The second kappa shape index (κ2) is 7.36. The summed E-state index contributed by atoms with van der Waals surface area (Å²) in [5, 5.41) is 10.5. The van der Waals surface area contributed by atoms with E-state index < -0.39 is 5.97 Å². The van der Waals surface area contributed by atoms with E-state index in [9.17, 15) is 9.90 Å². The Kier molecular flexibility index (Phi) is 5.17. The van der Waals surface area contributed by atoms with Crippen LogP contribution in [0.15, 0.2) is 42.5 Å². The van der Waals surface area contributed by atoms with Crippen molar-refractivity contribution >= 4 is 16.9 Å². The molecule has 26 heavy (non-hydrogen) atoms. The Morgan fingerprint density at radius 2 is 1.69 bits per heavy atom. The van der Waals surface area contributed by atoms with Gasteiger partial charge in [-0.15, -0.1) is 0 Å². The molecule has 1 unspecified atom stereocenters. The Hall–Kier alpha value is -2.55. The van der Waals surface area contributed by atoms with Gasteiger partial charge in [0.05, 0.1) is 12.1 Å². The fourth-order valence-corrected chi connectivity index (χ4v) is 3.42. The number of rotatable bonds is 6. The normalized spacial score (nSPS) is 12.7. The van der Waals surface area contributed by atoms with Gasteiger partial charge in [-0.25, -0.2) is 0 Å². The largest absolute Gasteiger partial charge is 0.481 e. The summed E-state index contributed by atoms with van der Waals surface area (Å²) in [6, 6.07) is 14.8. The second-order valence-corrected chi connectivity index (χ2v) is 7.44. The van der Waals surface area contributed by atoms with Crippen LogP contribution in [-0.2, 0) is 11.2 Å². The summed E-state index contributed by atoms with van der Waals surface area (Å²) in [7, 11) is 0. The zero-order chi connectivity index (χ0) is 18.8. The maximum Gasteiger partial charge on any atom is 0.307 e. The number of benzene rings is 2. The number of aromatic amines is 1. The molecule has 2 aromatic carbocycles. The van der Waals surface area contributed by atoms with Crippen molar-refractivity contribution < 1.29 is 9.90 Å². The van der Waals surface area contributed by atoms with Crippen molar-refractivity contribution in [1.29, 1.82) is 0 Å². The van der Waals surface area contributed by atoms with Gasteiger partial charge in [0, 0.05) is 10.9 Å². The van der Waals surface area contributed by atoms with Crippen molar-refractivity contribution in [3.63, 3.8) is 0 Å². The van der Waals surface area contributed by atoms with Gasteiger partial charge in [-0.3, -0.25) is 4.79 Å². The van der Waals surface area contributed by atoms with Crippen LogP contribution < -0.4 is 0 Å². The predicted molar refractivity (Wildman–Crippen MR) is 108 cm³/mol. The fourth-order valence-electron chi connectivity index (χ4n) is 3.42. The summed E-state index contributed by atoms with van der Waals surface area (Å²) < 4.78 is 0. The SMILES string of the molecule is CCC(C)c1ccc2[nH]c(-c3ccc(C(C)C)cc3)c(CC(=O)O)c2c1. The lowest BCUT2D eigenvalue weighted by molar-refractivity contribution is -0.136. The van der Waals surface area contributed by atoms with Gasteiger partial charge in [0.25, 0.3) is 0 Å². The Morgan fingerprint density at radius 3 is 2.27 bits per heavy atom. The van der Waals surface area contributed by atoms with Crippen LogP contribution in [-0.4, -0.2) is 16.1 Å². The number of carboxylic acids is 1. The first-order chi connectivity index (χ1) is 12.4. The molecular formula is C23H27NO2. The minimum atomic E-state index is -0.806. The molecular weight excluding hydrogens is 322 g/mol. The van der Waals surface area contributed by atoms with Crippen LogP contribution in [0.25, 0.3) is 22.2 Å². The van der Waals surface area contributed by atoms with Crippen LogP contribution in [0, 0.1) is 0 Å². The maximum absolute atomic E-state index is 11.5. The molecule has 136 valence electrons. The molecule has 0 bridgehead atoms. The third kappa shape index (κ3) is 3.52. The molecule has 3 nitrogen and oxygen atoms in total. The van der Waals surface area contributed by atoms with E-state index in [-0.39, 0.29) is 6.42 Å². The lowest BCUT2D eigenvalue weighted by atomic mass is 9.95. The highest BCUT2D eigenvalue weighted by molar-refractivity contribution is 5.94. The summed E-state index contributed by atoms with van der Waals surface area (Å²) in [6.45, 7) is 8.72. The van der Waals surface area contributed by atoms with Crippen LogP contribution in [0.3, 0.4) is 0 Å². The summed E-state index contributed by atoms with van der Waals surface area (Å²) in [6.07, 6.45) is 1.08. The highest BCUT2D eigenvalue weighted by Gasteiger charge is 2.17. The standard InChI is InChI=1S/C23H27NO2/c1-5-15(4)18-10-11-21-19(12-18)20(13-22(25)26)23(24-21)17-8-6-16(7-9-17)14(2)3/h6-12,14-15,24H,5,13H2,1-4H3,(H,25,26). The van der Waals surface area contributed by atoms with Crippen molar-refractivity contribution in [1.82, 2.24) is 4.98 Å². The minimum absolute atomic E-state index is 0.0191. The van der Waals surface area contributed by atoms with Gasteiger partial charge < -0.3 is 10.1 Å². The number of H-pyrrole nitrogens is 1. The number of nitrogens with one attached hydrogen (secondary N) is 1. The average molecular weight is 349 g/mol. The van der Waals surface area contributed by atoms with Gasteiger partial charge in [-0.1, -0.05) is 58.0 Å². The van der Waals surface area contributed by atoms with E-state index in [0.717, 1.165) is 34.1 Å². The molecule has 3 aromatic rings. The number of fused-ring (bicyclic) bond motifs is 1. The first-order valence-electron chi connectivity index (χ1n) is 9.37. The molecule has 0 spiro atoms. The molecule has 0 aliphatic carbocycles. The molecule has 2 N–H and O–H groups in total. The van der Waals surface area contributed by atoms with Crippen LogP contribution in [0.5, 0.6) is 0 Å². The van der Waals surface area contributed by atoms with Gasteiger partial charge in [0.1, 0.15) is 0 Å². The maximum atomic E-state index is 11.5. The summed E-state index contributed by atoms with van der Waals surface area (Å²) in [5.41, 5.74) is 6.35. The van der Waals surface area contributed by atoms with E-state index in [1.54, 1.807) is 0 Å². The van der Waals surface area contributed by atoms with E-state index >= 15 is 0 Å². The summed E-state index contributed by atoms with van der Waals surface area (Å²) in [5.74, 6) is 0.129. The zero-order valence-corrected chi connectivity index (χ0v) is 16.0. The van der Waals surface area contributed by atoms with Crippen LogP contribution in [0.4, 0.5) is 0 Å². The highest BCUT2D eigenvalue weighted by atomic mass is 16.4. The van der Waals surface area contributed by atoms with E-state index in [2.05, 4.69) is 75.1 Å². The molecule has 1 atom stereocenters. The van der Waals surface area contributed by atoms with E-state index in [4.69, 9.17) is 0 Å². The van der Waals surface area contributed by atoms with Crippen molar-refractivity contribution in [2.24, 2.45) is 0 Å². The molecule has 0 aliphatic heterocycles. The van der Waals surface area contributed by atoms with Crippen molar-refractivity contribution in [2.75, 3.05) is 0 Å². The number of carboxylic acid groups (broad SMARTS) is 1. The average Bonchev–Trinajstić information content (AvgIpc) is 2.98. The first-order valence-corrected chi connectivity index (χ1v) is 9.37. The molecule has 0 aliphatic rings. The number of hydrogen-bond donors (Lipinski definition) is 2. The smallest absolute Gasteiger partial charge is 0.307 e. The van der Waals surface area contributed by atoms with E-state index in [1.165, 1.54) is 11.1 Å². The van der Waals surface area contributed by atoms with Crippen molar-refractivity contribution in [3.8, 4) is 11.3 Å². The summed E-state index contributed by atoms with van der Waals surface area (Å²) >= 11 is 0. The number of hydrogen-bond acceptors (Lipinski definition) is 1. The molecule has 0 fully saturated rings. The van der Waals surface area contributed by atoms with Gasteiger partial charge in [0.2, 0.25) is 0 Å². The second-order valence-electron chi connectivity index (χ2n) is 7.44. The molecule has 3 heteroatoms. The Labute approximate surface area is 155 Å². The molecule has 1 heterocycles. The Balaban J connectivity index is 2.15. The highest BCUT2D eigenvalue weighted by Crippen LogP contribution is 2.34. The van der Waals surface area contributed by atoms with Crippen molar-refractivity contribution in [3.05, 3.63) is 59.2 Å². The Morgan fingerprint density at radius 1 is 1.04 bits per heavy atom. The van der Waals surface area contributed by atoms with Crippen molar-refractivity contribution in [2.45, 2.75) is 52.4 Å². The molecule has 0 radical (unpaired) electrons.